The van der Waals surface area contributed by atoms with Crippen LogP contribution in [0.1, 0.15) is 124 Å². The summed E-state index contributed by atoms with van der Waals surface area (Å²) in [5.41, 5.74) is 11.8. The van der Waals surface area contributed by atoms with Gasteiger partial charge in [0.05, 0.1) is 28.1 Å². The summed E-state index contributed by atoms with van der Waals surface area (Å²) in [5.74, 6) is 2.84. The fourth-order valence-electron chi connectivity index (χ4n) is 7.69. The fraction of sp³-hybridized carbons (Fsp3) is 0.360. The van der Waals surface area contributed by atoms with Gasteiger partial charge >= 0.3 is 0 Å². The summed E-state index contributed by atoms with van der Waals surface area (Å²) < 4.78 is 11.2. The third-order valence-electron chi connectivity index (χ3n) is 10.7. The zero-order chi connectivity index (χ0) is 39.4. The van der Waals surface area contributed by atoms with Gasteiger partial charge in [-0.3, -0.25) is 4.57 Å². The van der Waals surface area contributed by atoms with Gasteiger partial charge in [-0.05, 0) is 87.9 Å². The lowest BCUT2D eigenvalue weighted by Crippen LogP contribution is -2.19. The number of para-hydroxylation sites is 1. The molecular weight excluding hydrogens is 673 g/mol. The average molecular weight is 731 g/mol. The molecule has 0 saturated heterocycles. The Morgan fingerprint density at radius 3 is 1.98 bits per heavy atom. The van der Waals surface area contributed by atoms with Crippen molar-refractivity contribution >= 4 is 21.8 Å². The highest BCUT2D eigenvalue weighted by Crippen LogP contribution is 2.42. The van der Waals surface area contributed by atoms with Crippen LogP contribution in [0.3, 0.4) is 0 Å². The number of ether oxygens (including phenoxy) is 1. The maximum atomic E-state index is 6.72. The van der Waals surface area contributed by atoms with E-state index in [1.54, 1.807) is 0 Å². The molecule has 0 aliphatic carbocycles. The van der Waals surface area contributed by atoms with E-state index < -0.39 is 0 Å². The monoisotopic (exact) mass is 730 g/mol. The SMILES string of the molecule is CCCc1nn(-c2cccc(Oc3ccc4c5ccccc5n(-c5cc(C(C)C)ccn5)c4c3)c2)c(C(C)(C)C)c1-c1cc(C(C)(C)C)cc(C(C)(C)C)c1. The number of aromatic nitrogens is 4. The zero-order valence-electron chi connectivity index (χ0n) is 35.0. The first-order valence-electron chi connectivity index (χ1n) is 20.0. The van der Waals surface area contributed by atoms with Gasteiger partial charge in [-0.2, -0.15) is 5.10 Å². The van der Waals surface area contributed by atoms with Crippen molar-refractivity contribution in [2.24, 2.45) is 0 Å². The van der Waals surface area contributed by atoms with Gasteiger partial charge in [-0.1, -0.05) is 132 Å². The number of fused-ring (bicyclic) bond motifs is 3. The third kappa shape index (κ3) is 7.46. The molecule has 0 amide bonds. The topological polar surface area (TPSA) is 44.9 Å². The van der Waals surface area contributed by atoms with E-state index in [2.05, 4.69) is 183 Å². The van der Waals surface area contributed by atoms with Crippen LogP contribution < -0.4 is 4.74 Å². The Bertz CT molecular complexity index is 2480. The summed E-state index contributed by atoms with van der Waals surface area (Å²) >= 11 is 0. The standard InChI is InChI=1S/C50H58N4O/c1-13-17-42-46(34-26-35(48(4,5)6)29-36(27-34)49(7,8)9)47(50(10,11)12)54(52-42)37-18-16-19-38(30-37)55-39-22-23-41-40-20-14-15-21-43(40)53(44(41)31-39)45-28-33(32(2)3)24-25-51-45/h14-16,18-32H,13,17H2,1-12H3. The normalized spacial score (nSPS) is 12.7. The predicted molar refractivity (Wildman–Crippen MR) is 232 cm³/mol. The average Bonchev–Trinajstić information content (AvgIpc) is 3.67. The maximum Gasteiger partial charge on any atom is 0.137 e. The molecule has 0 spiro atoms. The van der Waals surface area contributed by atoms with Crippen LogP contribution in [0.2, 0.25) is 0 Å². The van der Waals surface area contributed by atoms with Gasteiger partial charge in [0, 0.05) is 40.1 Å². The summed E-state index contributed by atoms with van der Waals surface area (Å²) in [6, 6.07) is 34.9. The van der Waals surface area contributed by atoms with Crippen molar-refractivity contribution in [3.63, 3.8) is 0 Å². The molecule has 4 aromatic carbocycles. The highest BCUT2D eigenvalue weighted by Gasteiger charge is 2.31. The predicted octanol–water partition coefficient (Wildman–Crippen LogP) is 13.8. The number of aryl methyl sites for hydroxylation is 1. The van der Waals surface area contributed by atoms with Crippen molar-refractivity contribution in [2.75, 3.05) is 0 Å². The Labute approximate surface area is 328 Å². The Morgan fingerprint density at radius 2 is 1.33 bits per heavy atom. The van der Waals surface area contributed by atoms with Crippen molar-refractivity contribution < 1.29 is 4.74 Å². The fourth-order valence-corrected chi connectivity index (χ4v) is 7.69. The Hall–Kier alpha value is -5.16. The highest BCUT2D eigenvalue weighted by molar-refractivity contribution is 6.09. The molecule has 3 heterocycles. The minimum Gasteiger partial charge on any atom is -0.457 e. The lowest BCUT2D eigenvalue weighted by molar-refractivity contribution is 0.482. The Morgan fingerprint density at radius 1 is 0.655 bits per heavy atom. The number of pyridine rings is 1. The van der Waals surface area contributed by atoms with Crippen LogP contribution in [0.4, 0.5) is 0 Å². The molecule has 284 valence electrons. The molecule has 0 bridgehead atoms. The van der Waals surface area contributed by atoms with Gasteiger partial charge in [-0.25, -0.2) is 9.67 Å². The second kappa shape index (κ2) is 14.2. The molecule has 0 unspecified atom stereocenters. The van der Waals surface area contributed by atoms with Gasteiger partial charge < -0.3 is 4.74 Å². The van der Waals surface area contributed by atoms with E-state index in [0.717, 1.165) is 52.6 Å². The van der Waals surface area contributed by atoms with Gasteiger partial charge in [0.15, 0.2) is 0 Å². The third-order valence-corrected chi connectivity index (χ3v) is 10.7. The molecule has 3 aromatic heterocycles. The lowest BCUT2D eigenvalue weighted by atomic mass is 9.77. The summed E-state index contributed by atoms with van der Waals surface area (Å²) in [6.07, 6.45) is 3.83. The molecule has 0 atom stereocenters. The zero-order valence-corrected chi connectivity index (χ0v) is 35.0. The molecule has 5 nitrogen and oxygen atoms in total. The van der Waals surface area contributed by atoms with Crippen LogP contribution in [0.15, 0.2) is 103 Å². The number of rotatable bonds is 8. The number of hydrogen-bond donors (Lipinski definition) is 0. The molecule has 0 fully saturated rings. The molecule has 0 radical (unpaired) electrons. The van der Waals surface area contributed by atoms with Crippen LogP contribution in [0.25, 0.3) is 44.4 Å². The first kappa shape index (κ1) is 38.1. The van der Waals surface area contributed by atoms with E-state index in [9.17, 15) is 0 Å². The summed E-state index contributed by atoms with van der Waals surface area (Å²) in [7, 11) is 0. The highest BCUT2D eigenvalue weighted by atomic mass is 16.5. The van der Waals surface area contributed by atoms with Crippen molar-refractivity contribution in [3.05, 3.63) is 131 Å². The van der Waals surface area contributed by atoms with E-state index in [1.807, 2.05) is 12.3 Å². The van der Waals surface area contributed by atoms with Crippen LogP contribution in [-0.4, -0.2) is 19.3 Å². The van der Waals surface area contributed by atoms with Crippen LogP contribution >= 0.6 is 0 Å². The van der Waals surface area contributed by atoms with Crippen LogP contribution in [0.5, 0.6) is 11.5 Å². The molecule has 0 aliphatic heterocycles. The largest absolute Gasteiger partial charge is 0.457 e. The van der Waals surface area contributed by atoms with Crippen molar-refractivity contribution in [3.8, 4) is 34.1 Å². The van der Waals surface area contributed by atoms with Crippen molar-refractivity contribution in [1.82, 2.24) is 19.3 Å². The van der Waals surface area contributed by atoms with Crippen LogP contribution in [0, 0.1) is 0 Å². The summed E-state index contributed by atoms with van der Waals surface area (Å²) in [6.45, 7) is 27.4. The molecule has 7 rings (SSSR count). The van der Waals surface area contributed by atoms with Crippen molar-refractivity contribution in [2.45, 2.75) is 118 Å². The number of hydrogen-bond acceptors (Lipinski definition) is 3. The molecule has 55 heavy (non-hydrogen) atoms. The molecular formula is C50H58N4O. The summed E-state index contributed by atoms with van der Waals surface area (Å²) in [4.78, 5) is 4.84. The van der Waals surface area contributed by atoms with Gasteiger partial charge in [-0.15, -0.1) is 0 Å². The molecule has 0 N–H and O–H groups in total. The van der Waals surface area contributed by atoms with Gasteiger partial charge in [0.1, 0.15) is 17.3 Å². The smallest absolute Gasteiger partial charge is 0.137 e. The number of benzene rings is 4. The van der Waals surface area contributed by atoms with E-state index in [4.69, 9.17) is 14.8 Å². The molecule has 0 aliphatic rings. The van der Waals surface area contributed by atoms with E-state index in [0.29, 0.717) is 5.92 Å². The van der Waals surface area contributed by atoms with E-state index in [-0.39, 0.29) is 16.2 Å². The Kier molecular flexibility index (Phi) is 9.82. The molecule has 0 saturated carbocycles. The first-order chi connectivity index (χ1) is 25.9. The minimum absolute atomic E-state index is 0.0104. The van der Waals surface area contributed by atoms with E-state index >= 15 is 0 Å². The maximum absolute atomic E-state index is 6.72. The number of nitrogens with zero attached hydrogens (tertiary/aromatic N) is 4. The van der Waals surface area contributed by atoms with E-state index in [1.165, 1.54) is 44.3 Å². The second-order valence-electron chi connectivity index (χ2n) is 18.6. The second-order valence-corrected chi connectivity index (χ2v) is 18.6. The molecule has 7 aromatic rings. The van der Waals surface area contributed by atoms with Crippen molar-refractivity contribution in [1.29, 1.82) is 0 Å². The lowest BCUT2D eigenvalue weighted by Gasteiger charge is -2.28. The van der Waals surface area contributed by atoms with Crippen LogP contribution in [-0.2, 0) is 22.7 Å². The van der Waals surface area contributed by atoms with Gasteiger partial charge in [0.25, 0.3) is 0 Å². The quantitative estimate of drug-likeness (QED) is 0.156. The van der Waals surface area contributed by atoms with Gasteiger partial charge in [0.2, 0.25) is 0 Å². The Balaban J connectivity index is 1.35. The minimum atomic E-state index is -0.190. The molecule has 5 heteroatoms. The summed E-state index contributed by atoms with van der Waals surface area (Å²) in [5, 5.41) is 7.79. The first-order valence-corrected chi connectivity index (χ1v) is 20.0.